The molecular formula is C18H21N3O2. The number of hydrogen-bond donors (Lipinski definition) is 1. The van der Waals surface area contributed by atoms with E-state index < -0.39 is 0 Å². The maximum absolute atomic E-state index is 12.5. The van der Waals surface area contributed by atoms with Crippen molar-refractivity contribution in [2.75, 3.05) is 37.5 Å². The number of nitrogens with zero attached hydrogens (tertiary/aromatic N) is 2. The number of anilines is 2. The summed E-state index contributed by atoms with van der Waals surface area (Å²) in [6, 6.07) is 17.4. The second kappa shape index (κ2) is 6.71. The lowest BCUT2D eigenvalue weighted by Gasteiger charge is -2.24. The van der Waals surface area contributed by atoms with Crippen LogP contribution >= 0.6 is 0 Å². The van der Waals surface area contributed by atoms with Crippen LogP contribution in [-0.2, 0) is 4.74 Å². The average molecular weight is 311 g/mol. The van der Waals surface area contributed by atoms with Crippen LogP contribution in [0.2, 0.25) is 0 Å². The molecule has 0 saturated carbocycles. The van der Waals surface area contributed by atoms with Crippen molar-refractivity contribution in [1.82, 2.24) is 4.90 Å². The van der Waals surface area contributed by atoms with Crippen LogP contribution in [0.15, 0.2) is 54.6 Å². The Morgan fingerprint density at radius 3 is 2.48 bits per heavy atom. The first kappa shape index (κ1) is 15.4. The lowest BCUT2D eigenvalue weighted by molar-refractivity contribution is 0.0522. The molecule has 120 valence electrons. The summed E-state index contributed by atoms with van der Waals surface area (Å²) in [4.78, 5) is 16.3. The lowest BCUT2D eigenvalue weighted by atomic mass is 10.1. The molecule has 2 aromatic rings. The van der Waals surface area contributed by atoms with Crippen LogP contribution in [0.25, 0.3) is 0 Å². The quantitative estimate of drug-likeness (QED) is 0.946. The zero-order valence-electron chi connectivity index (χ0n) is 13.4. The van der Waals surface area contributed by atoms with Gasteiger partial charge < -0.3 is 15.0 Å². The van der Waals surface area contributed by atoms with Crippen LogP contribution < -0.4 is 10.2 Å². The highest BCUT2D eigenvalue weighted by Gasteiger charge is 2.31. The normalized spacial score (nSPS) is 17.1. The first-order valence-corrected chi connectivity index (χ1v) is 7.67. The maximum atomic E-state index is 12.5. The Morgan fingerprint density at radius 2 is 1.83 bits per heavy atom. The molecule has 0 bridgehead atoms. The number of benzene rings is 2. The van der Waals surface area contributed by atoms with Crippen molar-refractivity contribution in [1.29, 1.82) is 0 Å². The Balaban J connectivity index is 1.73. The fraction of sp³-hybridized carbons (Fsp3) is 0.278. The summed E-state index contributed by atoms with van der Waals surface area (Å²) in [6.45, 7) is 1.13. The van der Waals surface area contributed by atoms with E-state index in [0.29, 0.717) is 13.2 Å². The van der Waals surface area contributed by atoms with Crippen molar-refractivity contribution >= 4 is 17.4 Å². The fourth-order valence-corrected chi connectivity index (χ4v) is 2.61. The number of carbonyl (C=O) groups is 1. The van der Waals surface area contributed by atoms with Crippen LogP contribution in [0.3, 0.4) is 0 Å². The number of urea groups is 1. The van der Waals surface area contributed by atoms with E-state index in [1.807, 2.05) is 73.6 Å². The van der Waals surface area contributed by atoms with Crippen LogP contribution in [0.4, 0.5) is 16.2 Å². The van der Waals surface area contributed by atoms with E-state index in [1.54, 1.807) is 4.90 Å². The monoisotopic (exact) mass is 311 g/mol. The van der Waals surface area contributed by atoms with E-state index >= 15 is 0 Å². The molecule has 2 aromatic carbocycles. The largest absolute Gasteiger partial charge is 0.378 e. The molecule has 0 aromatic heterocycles. The first-order chi connectivity index (χ1) is 11.1. The number of para-hydroxylation sites is 1. The van der Waals surface area contributed by atoms with Crippen molar-refractivity contribution in [3.05, 3.63) is 60.2 Å². The SMILES string of the molecule is CN(C)c1ccc(C2OCCN2C(=O)Nc2ccccc2)cc1. The Morgan fingerprint density at radius 1 is 1.13 bits per heavy atom. The highest BCUT2D eigenvalue weighted by Crippen LogP contribution is 2.28. The predicted molar refractivity (Wildman–Crippen MR) is 91.6 cm³/mol. The number of amides is 2. The molecular weight excluding hydrogens is 290 g/mol. The minimum Gasteiger partial charge on any atom is -0.378 e. The van der Waals surface area contributed by atoms with Gasteiger partial charge in [-0.05, 0) is 24.3 Å². The Kier molecular flexibility index (Phi) is 4.48. The van der Waals surface area contributed by atoms with Gasteiger partial charge in [0.25, 0.3) is 0 Å². The highest BCUT2D eigenvalue weighted by atomic mass is 16.5. The molecule has 23 heavy (non-hydrogen) atoms. The van der Waals surface area contributed by atoms with Crippen molar-refractivity contribution in [3.8, 4) is 0 Å². The van der Waals surface area contributed by atoms with Gasteiger partial charge in [-0.25, -0.2) is 4.79 Å². The van der Waals surface area contributed by atoms with E-state index in [-0.39, 0.29) is 12.3 Å². The van der Waals surface area contributed by atoms with Crippen LogP contribution in [0.1, 0.15) is 11.8 Å². The molecule has 5 nitrogen and oxygen atoms in total. The lowest BCUT2D eigenvalue weighted by Crippen LogP contribution is -2.34. The Labute approximate surface area is 136 Å². The van der Waals surface area contributed by atoms with E-state index in [1.165, 1.54) is 0 Å². The van der Waals surface area contributed by atoms with Gasteiger partial charge in [0.2, 0.25) is 0 Å². The van der Waals surface area contributed by atoms with Gasteiger partial charge in [0, 0.05) is 37.6 Å². The third-order valence-electron chi connectivity index (χ3n) is 3.87. The molecule has 1 saturated heterocycles. The Bertz CT molecular complexity index is 656. The molecule has 1 atom stereocenters. The van der Waals surface area contributed by atoms with Crippen LogP contribution in [0.5, 0.6) is 0 Å². The number of rotatable bonds is 3. The molecule has 0 aliphatic carbocycles. The highest BCUT2D eigenvalue weighted by molar-refractivity contribution is 5.89. The van der Waals surface area contributed by atoms with Gasteiger partial charge in [-0.15, -0.1) is 0 Å². The summed E-state index contributed by atoms with van der Waals surface area (Å²) >= 11 is 0. The first-order valence-electron chi connectivity index (χ1n) is 7.67. The molecule has 0 spiro atoms. The zero-order valence-corrected chi connectivity index (χ0v) is 13.4. The summed E-state index contributed by atoms with van der Waals surface area (Å²) in [6.07, 6.45) is -0.338. The van der Waals surface area contributed by atoms with Gasteiger partial charge in [-0.1, -0.05) is 30.3 Å². The summed E-state index contributed by atoms with van der Waals surface area (Å²) in [5.41, 5.74) is 2.88. The summed E-state index contributed by atoms with van der Waals surface area (Å²) < 4.78 is 5.76. The summed E-state index contributed by atoms with van der Waals surface area (Å²) in [5, 5.41) is 2.91. The summed E-state index contributed by atoms with van der Waals surface area (Å²) in [7, 11) is 4.00. The third kappa shape index (κ3) is 3.46. The second-order valence-electron chi connectivity index (χ2n) is 5.70. The molecule has 1 aliphatic heterocycles. The average Bonchev–Trinajstić information content (AvgIpc) is 3.05. The summed E-state index contributed by atoms with van der Waals surface area (Å²) in [5.74, 6) is 0. The number of hydrogen-bond acceptors (Lipinski definition) is 3. The molecule has 1 fully saturated rings. The number of nitrogens with one attached hydrogen (secondary N) is 1. The van der Waals surface area contributed by atoms with Gasteiger partial charge in [0.1, 0.15) is 0 Å². The van der Waals surface area contributed by atoms with Gasteiger partial charge in [0.05, 0.1) is 6.61 Å². The molecule has 1 unspecified atom stereocenters. The van der Waals surface area contributed by atoms with Crippen molar-refractivity contribution in [3.63, 3.8) is 0 Å². The van der Waals surface area contributed by atoms with Gasteiger partial charge in [0.15, 0.2) is 6.23 Å². The standard InChI is InChI=1S/C18H21N3O2/c1-20(2)16-10-8-14(9-11-16)17-21(12-13-23-17)18(22)19-15-6-4-3-5-7-15/h3-11,17H,12-13H2,1-2H3,(H,19,22). The van der Waals surface area contributed by atoms with E-state index in [9.17, 15) is 4.79 Å². The predicted octanol–water partition coefficient (Wildman–Crippen LogP) is 3.32. The van der Waals surface area contributed by atoms with Crippen LogP contribution in [0, 0.1) is 0 Å². The molecule has 3 rings (SSSR count). The topological polar surface area (TPSA) is 44.8 Å². The van der Waals surface area contributed by atoms with E-state index in [4.69, 9.17) is 4.74 Å². The molecule has 1 aliphatic rings. The van der Waals surface area contributed by atoms with Gasteiger partial charge in [-0.2, -0.15) is 0 Å². The van der Waals surface area contributed by atoms with Gasteiger partial charge >= 0.3 is 6.03 Å². The minimum absolute atomic E-state index is 0.143. The van der Waals surface area contributed by atoms with Crippen molar-refractivity contribution in [2.24, 2.45) is 0 Å². The molecule has 1 N–H and O–H groups in total. The number of carbonyl (C=O) groups excluding carboxylic acids is 1. The maximum Gasteiger partial charge on any atom is 0.324 e. The number of ether oxygens (including phenoxy) is 1. The van der Waals surface area contributed by atoms with Gasteiger partial charge in [-0.3, -0.25) is 4.90 Å². The van der Waals surface area contributed by atoms with E-state index in [0.717, 1.165) is 16.9 Å². The fourth-order valence-electron chi connectivity index (χ4n) is 2.61. The zero-order chi connectivity index (χ0) is 16.2. The minimum atomic E-state index is -0.338. The molecule has 2 amide bonds. The third-order valence-corrected chi connectivity index (χ3v) is 3.87. The molecule has 0 radical (unpaired) electrons. The molecule has 1 heterocycles. The molecule has 5 heteroatoms. The second-order valence-corrected chi connectivity index (χ2v) is 5.70. The van der Waals surface area contributed by atoms with E-state index in [2.05, 4.69) is 5.32 Å². The smallest absolute Gasteiger partial charge is 0.324 e. The van der Waals surface area contributed by atoms with Crippen LogP contribution in [-0.4, -0.2) is 38.2 Å². The Hall–Kier alpha value is -2.53. The van der Waals surface area contributed by atoms with Crippen molar-refractivity contribution < 1.29 is 9.53 Å². The van der Waals surface area contributed by atoms with Crippen molar-refractivity contribution in [2.45, 2.75) is 6.23 Å².